The summed E-state index contributed by atoms with van der Waals surface area (Å²) in [4.78, 5) is 29.7. The summed E-state index contributed by atoms with van der Waals surface area (Å²) < 4.78 is 7.12. The maximum atomic E-state index is 12.8. The SMILES string of the molecule is CC(=O)NCCOc1ccc(NC(=O)C2CCCN(c3ccc(-n4cncn4)nn3)C2)cc1. The molecule has 0 saturated carbocycles. The molecule has 2 aromatic heterocycles. The van der Waals surface area contributed by atoms with Crippen molar-refractivity contribution in [1.29, 1.82) is 0 Å². The first-order valence-corrected chi connectivity index (χ1v) is 10.8. The van der Waals surface area contributed by atoms with Crippen LogP contribution in [0.2, 0.25) is 0 Å². The molecule has 3 aromatic rings. The Morgan fingerprint density at radius 2 is 1.91 bits per heavy atom. The van der Waals surface area contributed by atoms with Crippen molar-refractivity contribution in [3.8, 4) is 11.6 Å². The Hall–Kier alpha value is -4.02. The molecule has 172 valence electrons. The highest BCUT2D eigenvalue weighted by molar-refractivity contribution is 5.93. The zero-order valence-electron chi connectivity index (χ0n) is 18.3. The Bertz CT molecular complexity index is 1050. The van der Waals surface area contributed by atoms with Crippen molar-refractivity contribution in [2.75, 3.05) is 36.5 Å². The Morgan fingerprint density at radius 1 is 1.12 bits per heavy atom. The average molecular weight is 451 g/mol. The highest BCUT2D eigenvalue weighted by Gasteiger charge is 2.27. The Kier molecular flexibility index (Phi) is 7.08. The number of anilines is 2. The van der Waals surface area contributed by atoms with Crippen molar-refractivity contribution in [1.82, 2.24) is 30.3 Å². The van der Waals surface area contributed by atoms with E-state index in [0.717, 1.165) is 25.2 Å². The smallest absolute Gasteiger partial charge is 0.229 e. The predicted molar refractivity (Wildman–Crippen MR) is 121 cm³/mol. The number of amides is 2. The Morgan fingerprint density at radius 3 is 2.61 bits per heavy atom. The molecule has 11 heteroatoms. The van der Waals surface area contributed by atoms with E-state index in [1.807, 2.05) is 12.1 Å². The number of ether oxygens (including phenoxy) is 1. The van der Waals surface area contributed by atoms with Crippen molar-refractivity contribution in [3.05, 3.63) is 49.1 Å². The summed E-state index contributed by atoms with van der Waals surface area (Å²) in [6, 6.07) is 10.9. The number of hydrogen-bond donors (Lipinski definition) is 2. The van der Waals surface area contributed by atoms with Gasteiger partial charge in [-0.1, -0.05) is 0 Å². The van der Waals surface area contributed by atoms with Crippen LogP contribution in [0.4, 0.5) is 11.5 Å². The van der Waals surface area contributed by atoms with Gasteiger partial charge in [0.25, 0.3) is 0 Å². The molecule has 2 amide bonds. The van der Waals surface area contributed by atoms with Crippen molar-refractivity contribution in [2.45, 2.75) is 19.8 Å². The number of carbonyl (C=O) groups is 2. The second-order valence-corrected chi connectivity index (χ2v) is 7.72. The third kappa shape index (κ3) is 6.03. The van der Waals surface area contributed by atoms with Gasteiger partial charge in [0, 0.05) is 25.7 Å². The van der Waals surface area contributed by atoms with Crippen LogP contribution in [0.1, 0.15) is 19.8 Å². The second kappa shape index (κ2) is 10.5. The van der Waals surface area contributed by atoms with Crippen molar-refractivity contribution >= 4 is 23.3 Å². The van der Waals surface area contributed by atoms with Crippen molar-refractivity contribution in [2.24, 2.45) is 5.92 Å². The van der Waals surface area contributed by atoms with Crippen molar-refractivity contribution in [3.63, 3.8) is 0 Å². The van der Waals surface area contributed by atoms with Gasteiger partial charge >= 0.3 is 0 Å². The standard InChI is InChI=1S/C22H26N8O3/c1-16(31)24-10-12-33-19-6-4-18(5-7-19)26-22(32)17-3-2-11-29(13-17)20-8-9-21(28-27-20)30-15-23-14-25-30/h4-9,14-15,17H,2-3,10-13H2,1H3,(H,24,31)(H,26,32). The summed E-state index contributed by atoms with van der Waals surface area (Å²) >= 11 is 0. The molecule has 1 aliphatic heterocycles. The normalized spacial score (nSPS) is 15.7. The number of aromatic nitrogens is 5. The minimum absolute atomic E-state index is 0.0220. The first-order chi connectivity index (χ1) is 16.1. The number of carbonyl (C=O) groups excluding carboxylic acids is 2. The van der Waals surface area contributed by atoms with Crippen LogP contribution < -0.4 is 20.3 Å². The second-order valence-electron chi connectivity index (χ2n) is 7.72. The number of nitrogens with zero attached hydrogens (tertiary/aromatic N) is 6. The van der Waals surface area contributed by atoms with E-state index in [1.165, 1.54) is 13.3 Å². The molecule has 1 saturated heterocycles. The van der Waals surface area contributed by atoms with Crippen LogP contribution in [-0.2, 0) is 9.59 Å². The summed E-state index contributed by atoms with van der Waals surface area (Å²) in [5.41, 5.74) is 0.711. The molecule has 0 radical (unpaired) electrons. The number of rotatable bonds is 8. The molecule has 11 nitrogen and oxygen atoms in total. The van der Waals surface area contributed by atoms with Crippen LogP contribution >= 0.6 is 0 Å². The lowest BCUT2D eigenvalue weighted by Crippen LogP contribution is -2.41. The number of nitrogens with one attached hydrogen (secondary N) is 2. The molecule has 0 spiro atoms. The summed E-state index contributed by atoms with van der Waals surface area (Å²) in [5.74, 6) is 1.74. The molecule has 1 fully saturated rings. The van der Waals surface area contributed by atoms with Gasteiger partial charge in [0.1, 0.15) is 25.0 Å². The number of hydrogen-bond acceptors (Lipinski definition) is 8. The summed E-state index contributed by atoms with van der Waals surface area (Å²) in [5, 5.41) is 18.2. The number of benzene rings is 1. The highest BCUT2D eigenvalue weighted by Crippen LogP contribution is 2.23. The van der Waals surface area contributed by atoms with Gasteiger partial charge in [-0.2, -0.15) is 5.10 Å². The summed E-state index contributed by atoms with van der Waals surface area (Å²) in [6.45, 7) is 3.69. The monoisotopic (exact) mass is 450 g/mol. The maximum Gasteiger partial charge on any atom is 0.229 e. The fourth-order valence-electron chi connectivity index (χ4n) is 3.61. The lowest BCUT2D eigenvalue weighted by molar-refractivity contribution is -0.120. The fourth-order valence-corrected chi connectivity index (χ4v) is 3.61. The van der Waals surface area contributed by atoms with Gasteiger partial charge in [-0.25, -0.2) is 9.67 Å². The minimum Gasteiger partial charge on any atom is -0.492 e. The zero-order chi connectivity index (χ0) is 23.0. The van der Waals surface area contributed by atoms with Crippen LogP contribution in [0, 0.1) is 5.92 Å². The van der Waals surface area contributed by atoms with E-state index in [9.17, 15) is 9.59 Å². The fraction of sp³-hybridized carbons (Fsp3) is 0.364. The molecule has 33 heavy (non-hydrogen) atoms. The van der Waals surface area contributed by atoms with Gasteiger partial charge in [0.05, 0.1) is 12.5 Å². The van der Waals surface area contributed by atoms with E-state index in [2.05, 4.69) is 35.8 Å². The lowest BCUT2D eigenvalue weighted by Gasteiger charge is -2.32. The molecule has 2 N–H and O–H groups in total. The third-order valence-electron chi connectivity index (χ3n) is 5.27. The van der Waals surface area contributed by atoms with E-state index in [4.69, 9.17) is 4.74 Å². The molecule has 0 aliphatic carbocycles. The topological polar surface area (TPSA) is 127 Å². The molecule has 1 unspecified atom stereocenters. The zero-order valence-corrected chi connectivity index (χ0v) is 18.3. The molecular weight excluding hydrogens is 424 g/mol. The van der Waals surface area contributed by atoms with E-state index in [1.54, 1.807) is 35.3 Å². The van der Waals surface area contributed by atoms with Gasteiger partial charge < -0.3 is 20.3 Å². The molecular formula is C22H26N8O3. The lowest BCUT2D eigenvalue weighted by atomic mass is 9.97. The van der Waals surface area contributed by atoms with E-state index in [-0.39, 0.29) is 17.7 Å². The van der Waals surface area contributed by atoms with E-state index in [0.29, 0.717) is 37.0 Å². The maximum absolute atomic E-state index is 12.8. The molecule has 1 atom stereocenters. The summed E-state index contributed by atoms with van der Waals surface area (Å²) in [7, 11) is 0. The molecule has 0 bridgehead atoms. The quantitative estimate of drug-likeness (QED) is 0.494. The third-order valence-corrected chi connectivity index (χ3v) is 5.27. The molecule has 3 heterocycles. The minimum atomic E-state index is -0.149. The van der Waals surface area contributed by atoms with Crippen LogP contribution in [0.25, 0.3) is 5.82 Å². The van der Waals surface area contributed by atoms with Crippen LogP contribution in [0.5, 0.6) is 5.75 Å². The average Bonchev–Trinajstić information content (AvgIpc) is 3.38. The predicted octanol–water partition coefficient (Wildman–Crippen LogP) is 1.43. The van der Waals surface area contributed by atoms with Gasteiger partial charge in [0.15, 0.2) is 11.6 Å². The van der Waals surface area contributed by atoms with E-state index < -0.39 is 0 Å². The van der Waals surface area contributed by atoms with Gasteiger partial charge in [0.2, 0.25) is 11.8 Å². The molecule has 4 rings (SSSR count). The number of piperidine rings is 1. The van der Waals surface area contributed by atoms with Gasteiger partial charge in [-0.3, -0.25) is 9.59 Å². The van der Waals surface area contributed by atoms with E-state index >= 15 is 0 Å². The summed E-state index contributed by atoms with van der Waals surface area (Å²) in [6.07, 6.45) is 4.72. The molecule has 1 aromatic carbocycles. The highest BCUT2D eigenvalue weighted by atomic mass is 16.5. The first kappa shape index (κ1) is 22.2. The first-order valence-electron chi connectivity index (χ1n) is 10.8. The van der Waals surface area contributed by atoms with Crippen molar-refractivity contribution < 1.29 is 14.3 Å². The Labute approximate surface area is 191 Å². The molecule has 1 aliphatic rings. The van der Waals surface area contributed by atoms with Crippen LogP contribution in [0.15, 0.2) is 49.1 Å². The van der Waals surface area contributed by atoms with Gasteiger partial charge in [-0.05, 0) is 49.2 Å². The Balaban J connectivity index is 1.29. The van der Waals surface area contributed by atoms with Crippen LogP contribution in [-0.4, -0.2) is 63.0 Å². The van der Waals surface area contributed by atoms with Crippen LogP contribution in [0.3, 0.4) is 0 Å². The van der Waals surface area contributed by atoms with Gasteiger partial charge in [-0.15, -0.1) is 10.2 Å². The largest absolute Gasteiger partial charge is 0.492 e.